The van der Waals surface area contributed by atoms with Crippen LogP contribution in [0.2, 0.25) is 0 Å². The Balaban J connectivity index is 1.69. The van der Waals surface area contributed by atoms with Gasteiger partial charge in [0, 0.05) is 18.1 Å². The van der Waals surface area contributed by atoms with Crippen molar-refractivity contribution in [2.45, 2.75) is 13.0 Å². The lowest BCUT2D eigenvalue weighted by molar-refractivity contribution is -0.120. The number of esters is 1. The van der Waals surface area contributed by atoms with Crippen molar-refractivity contribution in [2.75, 3.05) is 14.2 Å². The standard InChI is InChI=1S/C21H20N2O4/c1-26-18-9-8-14(11-17(18)21(25)27-2)13-23-19(24)12-16-6-3-5-15-7-4-10-22-20(15)16/h3-11H,12-13H2,1-2H3,(H,23,24). The molecule has 0 aliphatic heterocycles. The van der Waals surface area contributed by atoms with E-state index in [1.54, 1.807) is 24.4 Å². The number of amides is 1. The summed E-state index contributed by atoms with van der Waals surface area (Å²) in [6.45, 7) is 0.297. The van der Waals surface area contributed by atoms with Gasteiger partial charge in [0.15, 0.2) is 0 Å². The number of fused-ring (bicyclic) bond motifs is 1. The normalized spacial score (nSPS) is 10.4. The van der Waals surface area contributed by atoms with Crippen LogP contribution in [0, 0.1) is 0 Å². The molecule has 0 aliphatic rings. The molecule has 1 heterocycles. The molecule has 0 aliphatic carbocycles. The zero-order valence-electron chi connectivity index (χ0n) is 15.2. The second kappa shape index (κ2) is 8.31. The van der Waals surface area contributed by atoms with E-state index in [9.17, 15) is 9.59 Å². The van der Waals surface area contributed by atoms with E-state index in [2.05, 4.69) is 10.3 Å². The maximum Gasteiger partial charge on any atom is 0.341 e. The number of hydrogen-bond donors (Lipinski definition) is 1. The summed E-state index contributed by atoms with van der Waals surface area (Å²) >= 11 is 0. The van der Waals surface area contributed by atoms with Crippen LogP contribution < -0.4 is 10.1 Å². The quantitative estimate of drug-likeness (QED) is 0.681. The number of pyridine rings is 1. The van der Waals surface area contributed by atoms with Gasteiger partial charge in [0.05, 0.1) is 26.2 Å². The maximum absolute atomic E-state index is 12.4. The number of nitrogens with zero attached hydrogens (tertiary/aromatic N) is 1. The third-order valence-electron chi connectivity index (χ3n) is 4.23. The van der Waals surface area contributed by atoms with E-state index in [1.807, 2.05) is 30.3 Å². The Morgan fingerprint density at radius 2 is 1.89 bits per heavy atom. The van der Waals surface area contributed by atoms with Crippen molar-refractivity contribution in [3.63, 3.8) is 0 Å². The minimum absolute atomic E-state index is 0.122. The molecule has 3 aromatic rings. The lowest BCUT2D eigenvalue weighted by Crippen LogP contribution is -2.24. The SMILES string of the molecule is COC(=O)c1cc(CNC(=O)Cc2cccc3cccnc23)ccc1OC. The highest BCUT2D eigenvalue weighted by atomic mass is 16.5. The fraction of sp³-hybridized carbons (Fsp3) is 0.190. The molecule has 27 heavy (non-hydrogen) atoms. The second-order valence-electron chi connectivity index (χ2n) is 5.97. The van der Waals surface area contributed by atoms with Crippen LogP contribution in [0.15, 0.2) is 54.7 Å². The van der Waals surface area contributed by atoms with Crippen LogP contribution >= 0.6 is 0 Å². The fourth-order valence-electron chi connectivity index (χ4n) is 2.88. The lowest BCUT2D eigenvalue weighted by atomic mass is 10.1. The Hall–Kier alpha value is -3.41. The highest BCUT2D eigenvalue weighted by Gasteiger charge is 2.14. The third kappa shape index (κ3) is 4.23. The van der Waals surface area contributed by atoms with Gasteiger partial charge >= 0.3 is 5.97 Å². The summed E-state index contributed by atoms with van der Waals surface area (Å²) in [5.41, 5.74) is 2.80. The Morgan fingerprint density at radius 3 is 2.67 bits per heavy atom. The van der Waals surface area contributed by atoms with Gasteiger partial charge in [-0.25, -0.2) is 4.79 Å². The first kappa shape index (κ1) is 18.4. The van der Waals surface area contributed by atoms with Gasteiger partial charge in [0.25, 0.3) is 0 Å². The van der Waals surface area contributed by atoms with Gasteiger partial charge in [-0.1, -0.05) is 30.3 Å². The van der Waals surface area contributed by atoms with Gasteiger partial charge in [-0.15, -0.1) is 0 Å². The fourth-order valence-corrected chi connectivity index (χ4v) is 2.88. The molecule has 1 aromatic heterocycles. The van der Waals surface area contributed by atoms with Crippen LogP contribution in [0.1, 0.15) is 21.5 Å². The Bertz CT molecular complexity index is 980. The molecule has 0 atom stereocenters. The number of carbonyl (C=O) groups is 2. The number of rotatable bonds is 6. The smallest absolute Gasteiger partial charge is 0.341 e. The molecule has 6 nitrogen and oxygen atoms in total. The van der Waals surface area contributed by atoms with Crippen molar-refractivity contribution >= 4 is 22.8 Å². The molecule has 0 unspecified atom stereocenters. The Kier molecular flexibility index (Phi) is 5.66. The summed E-state index contributed by atoms with van der Waals surface area (Å²) in [6.07, 6.45) is 1.95. The molecule has 138 valence electrons. The zero-order valence-corrected chi connectivity index (χ0v) is 15.2. The van der Waals surface area contributed by atoms with Gasteiger partial charge in [0.2, 0.25) is 5.91 Å². The van der Waals surface area contributed by atoms with Gasteiger partial charge in [-0.05, 0) is 29.3 Å². The molecular formula is C21H20N2O4. The van der Waals surface area contributed by atoms with E-state index in [0.717, 1.165) is 22.0 Å². The van der Waals surface area contributed by atoms with Crippen LogP contribution in [0.25, 0.3) is 10.9 Å². The topological polar surface area (TPSA) is 77.5 Å². The first-order chi connectivity index (χ1) is 13.1. The summed E-state index contributed by atoms with van der Waals surface area (Å²) in [6, 6.07) is 14.8. The predicted molar refractivity (Wildman–Crippen MR) is 102 cm³/mol. The van der Waals surface area contributed by atoms with Gasteiger partial charge < -0.3 is 14.8 Å². The number of methoxy groups -OCH3 is 2. The second-order valence-corrected chi connectivity index (χ2v) is 5.97. The molecule has 0 saturated carbocycles. The highest BCUT2D eigenvalue weighted by molar-refractivity contribution is 5.92. The van der Waals surface area contributed by atoms with E-state index in [0.29, 0.717) is 17.9 Å². The van der Waals surface area contributed by atoms with Gasteiger partial charge in [0.1, 0.15) is 11.3 Å². The zero-order chi connectivity index (χ0) is 19.2. The van der Waals surface area contributed by atoms with Crippen molar-refractivity contribution < 1.29 is 19.1 Å². The number of hydrogen-bond acceptors (Lipinski definition) is 5. The Morgan fingerprint density at radius 1 is 1.07 bits per heavy atom. The molecule has 1 N–H and O–H groups in total. The van der Waals surface area contributed by atoms with E-state index in [4.69, 9.17) is 9.47 Å². The largest absolute Gasteiger partial charge is 0.496 e. The van der Waals surface area contributed by atoms with Crippen molar-refractivity contribution in [1.82, 2.24) is 10.3 Å². The number of para-hydroxylation sites is 1. The van der Waals surface area contributed by atoms with Crippen molar-refractivity contribution in [3.8, 4) is 5.75 Å². The molecule has 2 aromatic carbocycles. The highest BCUT2D eigenvalue weighted by Crippen LogP contribution is 2.21. The first-order valence-electron chi connectivity index (χ1n) is 8.47. The summed E-state index contributed by atoms with van der Waals surface area (Å²) in [7, 11) is 2.80. The summed E-state index contributed by atoms with van der Waals surface area (Å²) in [5.74, 6) is -0.177. The monoisotopic (exact) mass is 364 g/mol. The van der Waals surface area contributed by atoms with Crippen LogP contribution in [-0.4, -0.2) is 31.1 Å². The van der Waals surface area contributed by atoms with Crippen LogP contribution in [-0.2, 0) is 22.5 Å². The summed E-state index contributed by atoms with van der Waals surface area (Å²) < 4.78 is 9.94. The first-order valence-corrected chi connectivity index (χ1v) is 8.47. The minimum atomic E-state index is -0.484. The number of benzene rings is 2. The molecule has 1 amide bonds. The van der Waals surface area contributed by atoms with Gasteiger partial charge in [-0.2, -0.15) is 0 Å². The predicted octanol–water partition coefficient (Wildman–Crippen LogP) is 2.89. The van der Waals surface area contributed by atoms with E-state index in [-0.39, 0.29) is 12.3 Å². The number of ether oxygens (including phenoxy) is 2. The summed E-state index contributed by atoms with van der Waals surface area (Å²) in [4.78, 5) is 28.6. The molecular weight excluding hydrogens is 344 g/mol. The van der Waals surface area contributed by atoms with Crippen molar-refractivity contribution in [2.24, 2.45) is 0 Å². The van der Waals surface area contributed by atoms with Crippen molar-refractivity contribution in [1.29, 1.82) is 0 Å². The van der Waals surface area contributed by atoms with Crippen LogP contribution in [0.3, 0.4) is 0 Å². The third-order valence-corrected chi connectivity index (χ3v) is 4.23. The average molecular weight is 364 g/mol. The number of carbonyl (C=O) groups excluding carboxylic acids is 2. The minimum Gasteiger partial charge on any atom is -0.496 e. The molecule has 0 spiro atoms. The Labute approximate surface area is 157 Å². The van der Waals surface area contributed by atoms with Crippen molar-refractivity contribution in [3.05, 3.63) is 71.4 Å². The van der Waals surface area contributed by atoms with E-state index < -0.39 is 5.97 Å². The molecule has 0 radical (unpaired) electrons. The lowest BCUT2D eigenvalue weighted by Gasteiger charge is -2.11. The van der Waals surface area contributed by atoms with Gasteiger partial charge in [-0.3, -0.25) is 9.78 Å². The molecule has 6 heteroatoms. The number of aromatic nitrogens is 1. The molecule has 0 bridgehead atoms. The summed E-state index contributed by atoms with van der Waals surface area (Å²) in [5, 5.41) is 3.87. The van der Waals surface area contributed by atoms with E-state index >= 15 is 0 Å². The van der Waals surface area contributed by atoms with Crippen LogP contribution in [0.5, 0.6) is 5.75 Å². The molecule has 0 fully saturated rings. The van der Waals surface area contributed by atoms with Crippen LogP contribution in [0.4, 0.5) is 0 Å². The van der Waals surface area contributed by atoms with E-state index in [1.165, 1.54) is 14.2 Å². The maximum atomic E-state index is 12.4. The average Bonchev–Trinajstić information content (AvgIpc) is 2.71. The number of nitrogens with one attached hydrogen (secondary N) is 1. The molecule has 0 saturated heterocycles. The molecule has 3 rings (SSSR count).